The average molecular weight is 395 g/mol. The van der Waals surface area contributed by atoms with Crippen molar-refractivity contribution < 1.29 is 18.7 Å². The molecule has 0 fully saturated rings. The highest BCUT2D eigenvalue weighted by Crippen LogP contribution is 2.36. The Morgan fingerprint density at radius 3 is 2.76 bits per heavy atom. The van der Waals surface area contributed by atoms with Gasteiger partial charge in [-0.25, -0.2) is 9.07 Å². The third kappa shape index (κ3) is 3.55. The molecule has 0 saturated carbocycles. The van der Waals surface area contributed by atoms with E-state index in [2.05, 4.69) is 10.4 Å². The molecule has 4 rings (SSSR count). The molecule has 2 aromatic carbocycles. The smallest absolute Gasteiger partial charge is 0.254 e. The van der Waals surface area contributed by atoms with E-state index in [9.17, 15) is 9.18 Å². The summed E-state index contributed by atoms with van der Waals surface area (Å²) < 4.78 is 26.3. The molecule has 1 amide bonds. The van der Waals surface area contributed by atoms with Crippen molar-refractivity contribution in [1.82, 2.24) is 15.1 Å². The molecule has 150 valence electrons. The molecule has 1 aliphatic heterocycles. The third-order valence-electron chi connectivity index (χ3n) is 5.18. The maximum absolute atomic E-state index is 14.1. The number of nitrogens with one attached hydrogen (secondary N) is 1. The Labute approximate surface area is 168 Å². The lowest BCUT2D eigenvalue weighted by molar-refractivity contribution is 0.0945. The van der Waals surface area contributed by atoms with E-state index in [0.717, 1.165) is 11.3 Å². The second-order valence-electron chi connectivity index (χ2n) is 7.64. The number of carbonyl (C=O) groups excluding carboxylic acids is 1. The lowest BCUT2D eigenvalue weighted by Crippen LogP contribution is -2.36. The number of rotatable bonds is 5. The molecule has 1 aromatic heterocycles. The summed E-state index contributed by atoms with van der Waals surface area (Å²) in [6.07, 6.45) is 1.46. The van der Waals surface area contributed by atoms with Crippen LogP contribution in [-0.4, -0.2) is 29.0 Å². The van der Waals surface area contributed by atoms with E-state index in [1.54, 1.807) is 25.1 Å². The minimum absolute atomic E-state index is 0.223. The summed E-state index contributed by atoms with van der Waals surface area (Å²) in [4.78, 5) is 12.8. The van der Waals surface area contributed by atoms with E-state index in [1.807, 2.05) is 32.0 Å². The van der Waals surface area contributed by atoms with Crippen LogP contribution in [0.5, 0.6) is 11.5 Å². The molecule has 0 aliphatic carbocycles. The number of hydrogen-bond acceptors (Lipinski definition) is 4. The van der Waals surface area contributed by atoms with E-state index in [0.29, 0.717) is 29.2 Å². The Bertz CT molecular complexity index is 1070. The number of halogens is 1. The maximum Gasteiger partial charge on any atom is 0.254 e. The van der Waals surface area contributed by atoms with Crippen molar-refractivity contribution in [3.05, 3.63) is 71.3 Å². The van der Waals surface area contributed by atoms with Gasteiger partial charge in [-0.05, 0) is 36.8 Å². The summed E-state index contributed by atoms with van der Waals surface area (Å²) >= 11 is 0. The second kappa shape index (κ2) is 7.24. The van der Waals surface area contributed by atoms with Crippen LogP contribution in [0.3, 0.4) is 0 Å². The van der Waals surface area contributed by atoms with Crippen LogP contribution in [0.1, 0.15) is 35.5 Å². The molecular formula is C22H22FN3O3. The highest BCUT2D eigenvalue weighted by atomic mass is 19.1. The van der Waals surface area contributed by atoms with Crippen molar-refractivity contribution in [2.75, 3.05) is 13.3 Å². The van der Waals surface area contributed by atoms with Gasteiger partial charge in [-0.15, -0.1) is 0 Å². The molecule has 29 heavy (non-hydrogen) atoms. The van der Waals surface area contributed by atoms with Crippen LogP contribution in [0.15, 0.2) is 48.7 Å². The monoisotopic (exact) mass is 395 g/mol. The molecule has 0 saturated heterocycles. The minimum atomic E-state index is -0.394. The van der Waals surface area contributed by atoms with Crippen molar-refractivity contribution in [2.45, 2.75) is 26.2 Å². The predicted octanol–water partition coefficient (Wildman–Crippen LogP) is 3.76. The van der Waals surface area contributed by atoms with Crippen molar-refractivity contribution in [3.63, 3.8) is 0 Å². The van der Waals surface area contributed by atoms with Gasteiger partial charge >= 0.3 is 0 Å². The summed E-state index contributed by atoms with van der Waals surface area (Å²) in [5.41, 5.74) is 2.00. The van der Waals surface area contributed by atoms with Crippen LogP contribution in [0, 0.1) is 12.7 Å². The highest BCUT2D eigenvalue weighted by Gasteiger charge is 2.26. The highest BCUT2D eigenvalue weighted by molar-refractivity contribution is 5.95. The van der Waals surface area contributed by atoms with Gasteiger partial charge in [-0.2, -0.15) is 5.10 Å². The topological polar surface area (TPSA) is 65.4 Å². The summed E-state index contributed by atoms with van der Waals surface area (Å²) in [7, 11) is 0. The van der Waals surface area contributed by atoms with Crippen LogP contribution < -0.4 is 14.8 Å². The van der Waals surface area contributed by atoms with Gasteiger partial charge in [0.25, 0.3) is 5.91 Å². The molecule has 0 unspecified atom stereocenters. The van der Waals surface area contributed by atoms with E-state index in [4.69, 9.17) is 9.47 Å². The first kappa shape index (κ1) is 19.0. The number of carbonyl (C=O) groups is 1. The lowest BCUT2D eigenvalue weighted by Gasteiger charge is -2.26. The van der Waals surface area contributed by atoms with E-state index < -0.39 is 5.82 Å². The standard InChI is InChI=1S/C22H22FN3O3/c1-14-16(11-25-26(14)18-7-5-4-6-17(18)23)21(27)24-12-22(2,3)15-8-9-19-20(10-15)29-13-28-19/h4-11H,12-13H2,1-3H3,(H,24,27). The van der Waals surface area contributed by atoms with Crippen LogP contribution in [0.4, 0.5) is 4.39 Å². The van der Waals surface area contributed by atoms with Crippen molar-refractivity contribution in [3.8, 4) is 17.2 Å². The largest absolute Gasteiger partial charge is 0.454 e. The lowest BCUT2D eigenvalue weighted by atomic mass is 9.84. The molecule has 0 atom stereocenters. The number of fused-ring (bicyclic) bond motifs is 1. The molecule has 0 spiro atoms. The number of hydrogen-bond donors (Lipinski definition) is 1. The van der Waals surface area contributed by atoms with Gasteiger partial charge in [0.1, 0.15) is 11.5 Å². The molecule has 2 heterocycles. The van der Waals surface area contributed by atoms with E-state index in [-0.39, 0.29) is 18.1 Å². The molecule has 3 aromatic rings. The van der Waals surface area contributed by atoms with Crippen LogP contribution in [0.25, 0.3) is 5.69 Å². The molecule has 0 radical (unpaired) electrons. The fourth-order valence-electron chi connectivity index (χ4n) is 3.31. The van der Waals surface area contributed by atoms with Crippen LogP contribution in [-0.2, 0) is 5.41 Å². The Morgan fingerprint density at radius 1 is 1.21 bits per heavy atom. The molecule has 1 aliphatic rings. The first-order valence-electron chi connectivity index (χ1n) is 9.35. The number of para-hydroxylation sites is 1. The van der Waals surface area contributed by atoms with E-state index >= 15 is 0 Å². The Balaban J connectivity index is 1.49. The molecule has 6 nitrogen and oxygen atoms in total. The van der Waals surface area contributed by atoms with Crippen LogP contribution >= 0.6 is 0 Å². The predicted molar refractivity (Wildman–Crippen MR) is 106 cm³/mol. The number of amides is 1. The number of ether oxygens (including phenoxy) is 2. The van der Waals surface area contributed by atoms with Crippen LogP contribution in [0.2, 0.25) is 0 Å². The Morgan fingerprint density at radius 2 is 1.97 bits per heavy atom. The van der Waals surface area contributed by atoms with Crippen molar-refractivity contribution in [2.24, 2.45) is 0 Å². The van der Waals surface area contributed by atoms with Gasteiger partial charge in [0.15, 0.2) is 11.5 Å². The second-order valence-corrected chi connectivity index (χ2v) is 7.64. The quantitative estimate of drug-likeness (QED) is 0.715. The zero-order chi connectivity index (χ0) is 20.6. The van der Waals surface area contributed by atoms with Crippen molar-refractivity contribution in [1.29, 1.82) is 0 Å². The van der Waals surface area contributed by atoms with Gasteiger partial charge in [-0.1, -0.05) is 32.0 Å². The van der Waals surface area contributed by atoms with Gasteiger partial charge in [-0.3, -0.25) is 4.79 Å². The molecule has 1 N–H and O–H groups in total. The fourth-order valence-corrected chi connectivity index (χ4v) is 3.31. The first-order chi connectivity index (χ1) is 13.9. The zero-order valence-corrected chi connectivity index (χ0v) is 16.5. The first-order valence-corrected chi connectivity index (χ1v) is 9.35. The van der Waals surface area contributed by atoms with Gasteiger partial charge in [0.2, 0.25) is 6.79 Å². The van der Waals surface area contributed by atoms with Crippen molar-refractivity contribution >= 4 is 5.91 Å². The van der Waals surface area contributed by atoms with Gasteiger partial charge in [0, 0.05) is 12.0 Å². The average Bonchev–Trinajstić information content (AvgIpc) is 3.32. The van der Waals surface area contributed by atoms with Gasteiger partial charge < -0.3 is 14.8 Å². The number of aromatic nitrogens is 2. The van der Waals surface area contributed by atoms with Gasteiger partial charge in [0.05, 0.1) is 17.5 Å². The molecule has 0 bridgehead atoms. The summed E-state index contributed by atoms with van der Waals surface area (Å²) in [5, 5.41) is 7.16. The summed E-state index contributed by atoms with van der Waals surface area (Å²) in [6.45, 7) is 6.47. The normalized spacial score (nSPS) is 12.8. The number of benzene rings is 2. The summed E-state index contributed by atoms with van der Waals surface area (Å²) in [5.74, 6) is 0.794. The number of nitrogens with zero attached hydrogens (tertiary/aromatic N) is 2. The molecular weight excluding hydrogens is 373 g/mol. The zero-order valence-electron chi connectivity index (χ0n) is 16.5. The Hall–Kier alpha value is -3.35. The molecule has 7 heteroatoms. The fraction of sp³-hybridized carbons (Fsp3) is 0.273. The SMILES string of the molecule is Cc1c(C(=O)NCC(C)(C)c2ccc3c(c2)OCO3)cnn1-c1ccccc1F. The maximum atomic E-state index is 14.1. The summed E-state index contributed by atoms with van der Waals surface area (Å²) in [6, 6.07) is 12.1. The minimum Gasteiger partial charge on any atom is -0.454 e. The Kier molecular flexibility index (Phi) is 4.74. The van der Waals surface area contributed by atoms with E-state index in [1.165, 1.54) is 16.9 Å². The third-order valence-corrected chi connectivity index (χ3v) is 5.18.